The van der Waals surface area contributed by atoms with Gasteiger partial charge in [-0.3, -0.25) is 0 Å². The largest absolute Gasteiger partial charge is 0.384 e. The van der Waals surface area contributed by atoms with E-state index in [2.05, 4.69) is 9.98 Å². The highest BCUT2D eigenvalue weighted by Gasteiger charge is 2.15. The van der Waals surface area contributed by atoms with Crippen molar-refractivity contribution < 1.29 is 5.11 Å². The van der Waals surface area contributed by atoms with Crippen LogP contribution in [0, 0.1) is 0 Å². The summed E-state index contributed by atoms with van der Waals surface area (Å²) < 4.78 is 0. The Kier molecular flexibility index (Phi) is 4.98. The van der Waals surface area contributed by atoms with Gasteiger partial charge in [-0.2, -0.15) is 4.99 Å². The predicted octanol–water partition coefficient (Wildman–Crippen LogP) is 1.64. The molecule has 7 N–H and O–H groups in total. The SMILES string of the molecule is NC(N)=NC(N)=Nc1ccc(Cl)cc1C(O)c1ccccc1. The fourth-order valence-electron chi connectivity index (χ4n) is 1.94. The smallest absolute Gasteiger partial charge is 0.223 e. The highest BCUT2D eigenvalue weighted by molar-refractivity contribution is 6.30. The topological polar surface area (TPSA) is 123 Å². The molecule has 6 nitrogen and oxygen atoms in total. The van der Waals surface area contributed by atoms with E-state index in [1.54, 1.807) is 30.3 Å². The zero-order valence-electron chi connectivity index (χ0n) is 11.6. The number of guanidine groups is 2. The number of nitrogens with zero attached hydrogens (tertiary/aromatic N) is 2. The van der Waals surface area contributed by atoms with Gasteiger partial charge in [0.1, 0.15) is 6.10 Å². The molecular formula is C15H16ClN5O. The van der Waals surface area contributed by atoms with Gasteiger partial charge in [0, 0.05) is 10.6 Å². The lowest BCUT2D eigenvalue weighted by Gasteiger charge is -2.14. The van der Waals surface area contributed by atoms with Gasteiger partial charge in [-0.25, -0.2) is 4.99 Å². The third-order valence-corrected chi connectivity index (χ3v) is 3.11. The summed E-state index contributed by atoms with van der Waals surface area (Å²) in [4.78, 5) is 7.77. The zero-order chi connectivity index (χ0) is 16.1. The molecule has 0 aliphatic heterocycles. The van der Waals surface area contributed by atoms with Crippen LogP contribution in [0.4, 0.5) is 5.69 Å². The van der Waals surface area contributed by atoms with Gasteiger partial charge < -0.3 is 22.3 Å². The normalized spacial score (nSPS) is 12.7. The summed E-state index contributed by atoms with van der Waals surface area (Å²) in [5.41, 5.74) is 17.8. The van der Waals surface area contributed by atoms with Gasteiger partial charge in [0.15, 0.2) is 5.96 Å². The van der Waals surface area contributed by atoms with Gasteiger partial charge >= 0.3 is 0 Å². The second kappa shape index (κ2) is 6.93. The lowest BCUT2D eigenvalue weighted by molar-refractivity contribution is 0.221. The number of aliphatic imine (C=N–C) groups is 2. The van der Waals surface area contributed by atoms with Crippen LogP contribution < -0.4 is 17.2 Å². The van der Waals surface area contributed by atoms with E-state index in [-0.39, 0.29) is 11.9 Å². The molecule has 2 aromatic rings. The quantitative estimate of drug-likeness (QED) is 0.507. The maximum atomic E-state index is 10.5. The summed E-state index contributed by atoms with van der Waals surface area (Å²) in [6, 6.07) is 14.0. The van der Waals surface area contributed by atoms with Gasteiger partial charge in [0.25, 0.3) is 0 Å². The van der Waals surface area contributed by atoms with Crippen LogP contribution in [-0.2, 0) is 0 Å². The standard InChI is InChI=1S/C15H16ClN5O/c16-10-6-7-12(20-15(19)21-14(17)18)11(8-10)13(22)9-4-2-1-3-5-9/h1-8,13,22H,(H6,17,18,19,20,21). The van der Waals surface area contributed by atoms with Crippen molar-refractivity contribution in [2.45, 2.75) is 6.10 Å². The van der Waals surface area contributed by atoms with Crippen LogP contribution in [0.2, 0.25) is 5.02 Å². The summed E-state index contributed by atoms with van der Waals surface area (Å²) in [5, 5.41) is 11.0. The van der Waals surface area contributed by atoms with E-state index in [4.69, 9.17) is 28.8 Å². The van der Waals surface area contributed by atoms with Crippen LogP contribution in [-0.4, -0.2) is 17.0 Å². The number of hydrogen-bond acceptors (Lipinski definition) is 2. The van der Waals surface area contributed by atoms with Crippen molar-refractivity contribution in [3.05, 3.63) is 64.7 Å². The molecule has 114 valence electrons. The Bertz CT molecular complexity index is 711. The number of aliphatic hydroxyl groups excluding tert-OH is 1. The van der Waals surface area contributed by atoms with E-state index in [9.17, 15) is 5.11 Å². The molecule has 1 atom stereocenters. The molecule has 0 fully saturated rings. The van der Waals surface area contributed by atoms with E-state index < -0.39 is 6.10 Å². The number of aliphatic hydroxyl groups is 1. The predicted molar refractivity (Wildman–Crippen MR) is 89.0 cm³/mol. The molecule has 0 heterocycles. The summed E-state index contributed by atoms with van der Waals surface area (Å²) >= 11 is 6.01. The Balaban J connectivity index is 2.47. The number of nitrogens with two attached hydrogens (primary N) is 3. The molecule has 22 heavy (non-hydrogen) atoms. The van der Waals surface area contributed by atoms with Gasteiger partial charge in [0.05, 0.1) is 5.69 Å². The molecule has 2 aromatic carbocycles. The van der Waals surface area contributed by atoms with Crippen LogP contribution in [0.5, 0.6) is 0 Å². The van der Waals surface area contributed by atoms with Crippen molar-refractivity contribution >= 4 is 29.2 Å². The average Bonchev–Trinajstić information content (AvgIpc) is 2.48. The van der Waals surface area contributed by atoms with E-state index >= 15 is 0 Å². The Morgan fingerprint density at radius 3 is 2.36 bits per heavy atom. The molecule has 0 aliphatic carbocycles. The van der Waals surface area contributed by atoms with Crippen molar-refractivity contribution in [1.29, 1.82) is 0 Å². The molecule has 0 aromatic heterocycles. The van der Waals surface area contributed by atoms with E-state index in [0.29, 0.717) is 21.8 Å². The number of halogens is 1. The lowest BCUT2D eigenvalue weighted by Crippen LogP contribution is -2.26. The van der Waals surface area contributed by atoms with Crippen LogP contribution in [0.3, 0.4) is 0 Å². The summed E-state index contributed by atoms with van der Waals surface area (Å²) in [5.74, 6) is -0.302. The van der Waals surface area contributed by atoms with Gasteiger partial charge in [-0.05, 0) is 23.8 Å². The summed E-state index contributed by atoms with van der Waals surface area (Å²) in [7, 11) is 0. The molecule has 0 saturated carbocycles. The molecular weight excluding hydrogens is 302 g/mol. The van der Waals surface area contributed by atoms with Crippen molar-refractivity contribution in [3.63, 3.8) is 0 Å². The second-order valence-corrected chi connectivity index (χ2v) is 4.96. The maximum absolute atomic E-state index is 10.5. The first-order valence-electron chi connectivity index (χ1n) is 6.43. The van der Waals surface area contributed by atoms with Crippen molar-refractivity contribution in [1.82, 2.24) is 0 Å². The van der Waals surface area contributed by atoms with Crippen molar-refractivity contribution in [2.24, 2.45) is 27.2 Å². The minimum Gasteiger partial charge on any atom is -0.384 e. The molecule has 0 aliphatic rings. The van der Waals surface area contributed by atoms with Crippen molar-refractivity contribution in [3.8, 4) is 0 Å². The first kappa shape index (κ1) is 15.8. The monoisotopic (exact) mass is 317 g/mol. The zero-order valence-corrected chi connectivity index (χ0v) is 12.4. The molecule has 1 unspecified atom stereocenters. The Labute approximate surface area is 132 Å². The molecule has 0 saturated heterocycles. The Morgan fingerprint density at radius 2 is 1.73 bits per heavy atom. The number of benzene rings is 2. The minimum atomic E-state index is -0.898. The average molecular weight is 318 g/mol. The fourth-order valence-corrected chi connectivity index (χ4v) is 2.12. The maximum Gasteiger partial charge on any atom is 0.223 e. The molecule has 0 radical (unpaired) electrons. The van der Waals surface area contributed by atoms with Crippen LogP contribution in [0.1, 0.15) is 17.2 Å². The second-order valence-electron chi connectivity index (χ2n) is 4.52. The molecule has 0 bridgehead atoms. The van der Waals surface area contributed by atoms with Gasteiger partial charge in [-0.1, -0.05) is 41.9 Å². The number of hydrogen-bond donors (Lipinski definition) is 4. The first-order chi connectivity index (χ1) is 10.5. The Hall–Kier alpha value is -2.57. The third kappa shape index (κ3) is 3.97. The molecule has 7 heteroatoms. The molecule has 2 rings (SSSR count). The van der Waals surface area contributed by atoms with E-state index in [0.717, 1.165) is 0 Å². The fraction of sp³-hybridized carbons (Fsp3) is 0.0667. The number of rotatable bonds is 3. The van der Waals surface area contributed by atoms with Gasteiger partial charge in [-0.15, -0.1) is 0 Å². The third-order valence-electron chi connectivity index (χ3n) is 2.88. The van der Waals surface area contributed by atoms with Crippen molar-refractivity contribution in [2.75, 3.05) is 0 Å². The highest BCUT2D eigenvalue weighted by Crippen LogP contribution is 2.32. The minimum absolute atomic E-state index is 0.108. The van der Waals surface area contributed by atoms with E-state index in [1.807, 2.05) is 18.2 Å². The van der Waals surface area contributed by atoms with Crippen LogP contribution in [0.15, 0.2) is 58.5 Å². The van der Waals surface area contributed by atoms with E-state index in [1.165, 1.54) is 0 Å². The Morgan fingerprint density at radius 1 is 1.05 bits per heavy atom. The summed E-state index contributed by atoms with van der Waals surface area (Å²) in [6.45, 7) is 0. The van der Waals surface area contributed by atoms with Crippen LogP contribution in [0.25, 0.3) is 0 Å². The van der Waals surface area contributed by atoms with Crippen LogP contribution >= 0.6 is 11.6 Å². The summed E-state index contributed by atoms with van der Waals surface area (Å²) in [6.07, 6.45) is -0.898. The van der Waals surface area contributed by atoms with Gasteiger partial charge in [0.2, 0.25) is 5.96 Å². The molecule has 0 spiro atoms. The lowest BCUT2D eigenvalue weighted by atomic mass is 10.00. The first-order valence-corrected chi connectivity index (χ1v) is 6.81. The molecule has 0 amide bonds. The highest BCUT2D eigenvalue weighted by atomic mass is 35.5.